The summed E-state index contributed by atoms with van der Waals surface area (Å²) in [4.78, 5) is 3.62. The number of fused-ring (bicyclic) bond motifs is 3. The van der Waals surface area contributed by atoms with E-state index in [4.69, 9.17) is 4.74 Å². The molecular formula is C27H25N2OS+. The van der Waals surface area contributed by atoms with Crippen LogP contribution in [0.15, 0.2) is 82.7 Å². The number of aromatic nitrogens is 1. The van der Waals surface area contributed by atoms with Gasteiger partial charge in [-0.3, -0.25) is 0 Å². The zero-order valence-electron chi connectivity index (χ0n) is 18.2. The van der Waals surface area contributed by atoms with Gasteiger partial charge in [0.2, 0.25) is 0 Å². The van der Waals surface area contributed by atoms with Gasteiger partial charge in [0.15, 0.2) is 17.1 Å². The van der Waals surface area contributed by atoms with E-state index in [1.54, 1.807) is 7.11 Å². The Morgan fingerprint density at radius 1 is 0.903 bits per heavy atom. The Labute approximate surface area is 187 Å². The maximum atomic E-state index is 5.59. The number of pyridine rings is 1. The molecule has 2 heterocycles. The molecule has 0 saturated carbocycles. The lowest BCUT2D eigenvalue weighted by Gasteiger charge is -2.16. The van der Waals surface area contributed by atoms with Crippen molar-refractivity contribution < 1.29 is 9.30 Å². The third-order valence-electron chi connectivity index (χ3n) is 5.82. The van der Waals surface area contributed by atoms with E-state index in [-0.39, 0.29) is 0 Å². The zero-order valence-corrected chi connectivity index (χ0v) is 19.0. The molecule has 0 saturated heterocycles. The lowest BCUT2D eigenvalue weighted by atomic mass is 10.1. The second-order valence-corrected chi connectivity index (χ2v) is 8.92. The number of thioether (sulfide) groups is 1. The van der Waals surface area contributed by atoms with Gasteiger partial charge in [-0.05, 0) is 29.2 Å². The summed E-state index contributed by atoms with van der Waals surface area (Å²) in [6.07, 6.45) is 2.28. The molecule has 0 spiro atoms. The van der Waals surface area contributed by atoms with E-state index in [0.29, 0.717) is 0 Å². The van der Waals surface area contributed by atoms with Gasteiger partial charge in [0.05, 0.1) is 17.8 Å². The van der Waals surface area contributed by atoms with Crippen LogP contribution < -0.4 is 14.2 Å². The average molecular weight is 426 g/mol. The molecule has 1 aromatic heterocycles. The highest BCUT2D eigenvalue weighted by atomic mass is 32.2. The number of aryl methyl sites for hydroxylation is 2. The molecule has 1 aliphatic heterocycles. The van der Waals surface area contributed by atoms with Crippen molar-refractivity contribution in [1.82, 2.24) is 0 Å². The topological polar surface area (TPSA) is 16.4 Å². The van der Waals surface area contributed by atoms with Crippen LogP contribution in [0.1, 0.15) is 17.0 Å². The normalized spacial score (nSPS) is 14.3. The van der Waals surface area contributed by atoms with E-state index in [0.717, 1.165) is 11.4 Å². The lowest BCUT2D eigenvalue weighted by Crippen LogP contribution is -2.38. The molecule has 5 rings (SSSR count). The average Bonchev–Trinajstić information content (AvgIpc) is 3.09. The Hall–Kier alpha value is -3.24. The first-order chi connectivity index (χ1) is 15.1. The van der Waals surface area contributed by atoms with Crippen LogP contribution in [-0.2, 0) is 0 Å². The standard InChI is InChI=1S/C27H25N2OS/c1-18-15-20(16-19(2)29(18)23-11-7-8-12-24(23)30-4)17-26-28(3)27-22-10-6-5-9-21(22)13-14-25(27)31-26/h5-17H,1-4H3/q+1. The van der Waals surface area contributed by atoms with Gasteiger partial charge in [0.25, 0.3) is 5.69 Å². The van der Waals surface area contributed by atoms with Crippen molar-refractivity contribution >= 4 is 34.3 Å². The molecule has 0 radical (unpaired) electrons. The van der Waals surface area contributed by atoms with E-state index in [9.17, 15) is 0 Å². The molecule has 1 aliphatic rings. The van der Waals surface area contributed by atoms with Gasteiger partial charge in [-0.1, -0.05) is 54.2 Å². The van der Waals surface area contributed by atoms with Gasteiger partial charge in [0.1, 0.15) is 0 Å². The number of anilines is 1. The molecule has 3 nitrogen and oxygen atoms in total. The predicted molar refractivity (Wildman–Crippen MR) is 130 cm³/mol. The third kappa shape index (κ3) is 3.37. The van der Waals surface area contributed by atoms with Crippen molar-refractivity contribution in [2.24, 2.45) is 0 Å². The second-order valence-electron chi connectivity index (χ2n) is 7.86. The number of methoxy groups -OCH3 is 1. The monoisotopic (exact) mass is 425 g/mol. The van der Waals surface area contributed by atoms with Crippen molar-refractivity contribution in [2.45, 2.75) is 18.7 Å². The van der Waals surface area contributed by atoms with Gasteiger partial charge in [-0.25, -0.2) is 0 Å². The molecule has 0 unspecified atom stereocenters. The summed E-state index contributed by atoms with van der Waals surface area (Å²) in [7, 11) is 3.88. The van der Waals surface area contributed by atoms with Gasteiger partial charge < -0.3 is 9.64 Å². The Morgan fingerprint density at radius 3 is 2.39 bits per heavy atom. The van der Waals surface area contributed by atoms with Crippen molar-refractivity contribution in [3.8, 4) is 11.4 Å². The Balaban J connectivity index is 1.55. The summed E-state index contributed by atoms with van der Waals surface area (Å²) < 4.78 is 7.83. The Kier molecular flexibility index (Phi) is 4.95. The number of hydrogen-bond acceptors (Lipinski definition) is 3. The zero-order chi connectivity index (χ0) is 21.5. The van der Waals surface area contributed by atoms with E-state index in [1.807, 2.05) is 30.0 Å². The fraction of sp³-hybridized carbons (Fsp3) is 0.148. The summed E-state index contributed by atoms with van der Waals surface area (Å²) in [6.45, 7) is 4.30. The highest BCUT2D eigenvalue weighted by molar-refractivity contribution is 8.04. The number of rotatable bonds is 3. The van der Waals surface area contributed by atoms with Gasteiger partial charge >= 0.3 is 0 Å². The van der Waals surface area contributed by atoms with E-state index in [2.05, 4.69) is 91.0 Å². The van der Waals surface area contributed by atoms with Crippen LogP contribution in [0.2, 0.25) is 0 Å². The summed E-state index contributed by atoms with van der Waals surface area (Å²) in [5, 5.41) is 3.81. The quantitative estimate of drug-likeness (QED) is 0.359. The smallest absolute Gasteiger partial charge is 0.253 e. The predicted octanol–water partition coefficient (Wildman–Crippen LogP) is 6.28. The minimum Gasteiger partial charge on any atom is -0.490 e. The molecule has 0 atom stereocenters. The van der Waals surface area contributed by atoms with Crippen molar-refractivity contribution in [1.29, 1.82) is 0 Å². The first-order valence-corrected chi connectivity index (χ1v) is 11.2. The van der Waals surface area contributed by atoms with Crippen LogP contribution in [0, 0.1) is 13.8 Å². The summed E-state index contributed by atoms with van der Waals surface area (Å²) in [5.41, 5.74) is 5.90. The van der Waals surface area contributed by atoms with Crippen LogP contribution in [0.3, 0.4) is 0 Å². The number of nitrogens with zero attached hydrogens (tertiary/aromatic N) is 2. The highest BCUT2D eigenvalue weighted by Crippen LogP contribution is 2.49. The summed E-state index contributed by atoms with van der Waals surface area (Å²) in [5.74, 6) is 0.873. The molecule has 0 N–H and O–H groups in total. The Morgan fingerprint density at radius 2 is 1.61 bits per heavy atom. The number of para-hydroxylation sites is 2. The maximum absolute atomic E-state index is 5.59. The SMILES string of the molecule is COc1ccccc1-[n+]1c(C)cc(/C=C2\Sc3ccc4ccccc4c3N2C)cc1C. The largest absolute Gasteiger partial charge is 0.490 e. The fourth-order valence-electron chi connectivity index (χ4n) is 4.43. The molecule has 3 aromatic carbocycles. The second kappa shape index (κ2) is 7.78. The number of benzene rings is 3. The van der Waals surface area contributed by atoms with Crippen molar-refractivity contribution in [3.63, 3.8) is 0 Å². The Bertz CT molecular complexity index is 1320. The van der Waals surface area contributed by atoms with Crippen LogP contribution in [0.4, 0.5) is 5.69 Å². The summed E-state index contributed by atoms with van der Waals surface area (Å²) >= 11 is 1.83. The first-order valence-electron chi connectivity index (χ1n) is 10.4. The van der Waals surface area contributed by atoms with Gasteiger partial charge in [-0.15, -0.1) is 0 Å². The maximum Gasteiger partial charge on any atom is 0.253 e. The molecule has 154 valence electrons. The minimum atomic E-state index is 0.873. The molecule has 0 amide bonds. The van der Waals surface area contributed by atoms with E-state index in [1.165, 1.54) is 43.3 Å². The highest BCUT2D eigenvalue weighted by Gasteiger charge is 2.25. The van der Waals surface area contributed by atoms with E-state index >= 15 is 0 Å². The molecular weight excluding hydrogens is 400 g/mol. The van der Waals surface area contributed by atoms with Gasteiger partial charge in [0, 0.05) is 49.4 Å². The molecule has 4 heteroatoms. The minimum absolute atomic E-state index is 0.873. The number of hydrogen-bond donors (Lipinski definition) is 0. The van der Waals surface area contributed by atoms with Crippen LogP contribution >= 0.6 is 11.8 Å². The molecule has 0 aliphatic carbocycles. The van der Waals surface area contributed by atoms with Crippen LogP contribution in [0.5, 0.6) is 5.75 Å². The van der Waals surface area contributed by atoms with Crippen molar-refractivity contribution in [3.05, 3.63) is 94.8 Å². The van der Waals surface area contributed by atoms with Crippen LogP contribution in [-0.4, -0.2) is 14.2 Å². The van der Waals surface area contributed by atoms with Gasteiger partial charge in [-0.2, -0.15) is 4.57 Å². The third-order valence-corrected chi connectivity index (χ3v) is 6.97. The summed E-state index contributed by atoms with van der Waals surface area (Å²) in [6, 6.07) is 25.7. The lowest BCUT2D eigenvalue weighted by molar-refractivity contribution is -0.610. The van der Waals surface area contributed by atoms with E-state index < -0.39 is 0 Å². The molecule has 4 aromatic rings. The van der Waals surface area contributed by atoms with Crippen LogP contribution in [0.25, 0.3) is 22.5 Å². The fourth-order valence-corrected chi connectivity index (χ4v) is 5.56. The first kappa shape index (κ1) is 19.7. The van der Waals surface area contributed by atoms with Crippen molar-refractivity contribution in [2.75, 3.05) is 19.1 Å². The molecule has 0 bridgehead atoms. The molecule has 31 heavy (non-hydrogen) atoms. The molecule has 0 fully saturated rings. The number of ether oxygens (including phenoxy) is 1.